The van der Waals surface area contributed by atoms with Gasteiger partial charge in [-0.05, 0) is 75.9 Å². The molecule has 4 aromatic carbocycles. The van der Waals surface area contributed by atoms with Gasteiger partial charge in [-0.1, -0.05) is 66.7 Å². The van der Waals surface area contributed by atoms with Crippen molar-refractivity contribution in [2.45, 2.75) is 25.7 Å². The molecule has 7 rings (SSSR count). The minimum absolute atomic E-state index is 1.21. The van der Waals surface area contributed by atoms with Crippen LogP contribution in [-0.4, -0.2) is 15.0 Å². The summed E-state index contributed by atoms with van der Waals surface area (Å²) in [6.45, 7) is 0. The lowest BCUT2D eigenvalue weighted by atomic mass is 9.86. The third-order valence-corrected chi connectivity index (χ3v) is 6.20. The van der Waals surface area contributed by atoms with Crippen LogP contribution in [0, 0.1) is 0 Å². The second kappa shape index (κ2) is 10.1. The molecule has 0 bridgehead atoms. The number of aromatic amines is 1. The molecular formula is C30H27N3. The van der Waals surface area contributed by atoms with E-state index >= 15 is 0 Å². The SMILES string of the molecule is c1ccc2[nH]ccc2c1.c1ccc2c(c1)ccc1c3c(ccc12)CCCC3.c1cnccn1. The van der Waals surface area contributed by atoms with Crippen molar-refractivity contribution in [3.05, 3.63) is 121 Å². The van der Waals surface area contributed by atoms with Gasteiger partial charge in [-0.2, -0.15) is 0 Å². The maximum Gasteiger partial charge on any atom is 0.0453 e. The van der Waals surface area contributed by atoms with Crippen molar-refractivity contribution in [1.82, 2.24) is 15.0 Å². The molecule has 1 aliphatic carbocycles. The molecule has 0 aliphatic heterocycles. The van der Waals surface area contributed by atoms with Crippen LogP contribution in [0.1, 0.15) is 24.0 Å². The van der Waals surface area contributed by atoms with E-state index in [0.717, 1.165) is 0 Å². The molecule has 0 atom stereocenters. The largest absolute Gasteiger partial charge is 0.361 e. The fourth-order valence-corrected chi connectivity index (χ4v) is 4.59. The highest BCUT2D eigenvalue weighted by Crippen LogP contribution is 2.33. The molecule has 3 heteroatoms. The topological polar surface area (TPSA) is 41.6 Å². The van der Waals surface area contributed by atoms with E-state index in [4.69, 9.17) is 0 Å². The number of nitrogens with zero attached hydrogens (tertiary/aromatic N) is 2. The normalized spacial score (nSPS) is 12.4. The average Bonchev–Trinajstić information content (AvgIpc) is 3.39. The summed E-state index contributed by atoms with van der Waals surface area (Å²) in [5.41, 5.74) is 4.38. The van der Waals surface area contributed by atoms with Crippen molar-refractivity contribution in [3.63, 3.8) is 0 Å². The lowest BCUT2D eigenvalue weighted by Gasteiger charge is -2.18. The van der Waals surface area contributed by atoms with Crippen LogP contribution in [0.5, 0.6) is 0 Å². The molecule has 0 radical (unpaired) electrons. The van der Waals surface area contributed by atoms with Gasteiger partial charge in [0.05, 0.1) is 0 Å². The first-order valence-corrected chi connectivity index (χ1v) is 11.5. The van der Waals surface area contributed by atoms with Crippen LogP contribution in [0.15, 0.2) is 110 Å². The molecule has 0 spiro atoms. The highest BCUT2D eigenvalue weighted by molar-refractivity contribution is 6.08. The second-order valence-electron chi connectivity index (χ2n) is 8.25. The van der Waals surface area contributed by atoms with E-state index in [2.05, 4.69) is 81.7 Å². The van der Waals surface area contributed by atoms with Crippen molar-refractivity contribution in [2.75, 3.05) is 0 Å². The monoisotopic (exact) mass is 429 g/mol. The first kappa shape index (κ1) is 20.9. The van der Waals surface area contributed by atoms with Crippen molar-refractivity contribution in [1.29, 1.82) is 0 Å². The number of hydrogen-bond acceptors (Lipinski definition) is 2. The Balaban J connectivity index is 0.000000126. The summed E-state index contributed by atoms with van der Waals surface area (Å²) < 4.78 is 0. The zero-order chi connectivity index (χ0) is 22.3. The molecule has 0 amide bonds. The zero-order valence-corrected chi connectivity index (χ0v) is 18.6. The lowest BCUT2D eigenvalue weighted by Crippen LogP contribution is -2.02. The Morgan fingerprint density at radius 3 is 2.03 bits per heavy atom. The van der Waals surface area contributed by atoms with Crippen LogP contribution in [0.2, 0.25) is 0 Å². The first-order chi connectivity index (χ1) is 16.4. The van der Waals surface area contributed by atoms with Crippen molar-refractivity contribution < 1.29 is 0 Å². The van der Waals surface area contributed by atoms with Gasteiger partial charge in [0.15, 0.2) is 0 Å². The quantitative estimate of drug-likeness (QED) is 0.254. The number of H-pyrrole nitrogens is 1. The van der Waals surface area contributed by atoms with E-state index in [9.17, 15) is 0 Å². The summed E-state index contributed by atoms with van der Waals surface area (Å²) in [6, 6.07) is 28.2. The van der Waals surface area contributed by atoms with Crippen LogP contribution in [0.25, 0.3) is 32.4 Å². The van der Waals surface area contributed by atoms with Crippen LogP contribution < -0.4 is 0 Å². The van der Waals surface area contributed by atoms with Gasteiger partial charge < -0.3 is 4.98 Å². The molecular weight excluding hydrogens is 402 g/mol. The third kappa shape index (κ3) is 4.78. The molecule has 0 unspecified atom stereocenters. The number of fused-ring (bicyclic) bond motifs is 6. The van der Waals surface area contributed by atoms with Crippen LogP contribution in [-0.2, 0) is 12.8 Å². The van der Waals surface area contributed by atoms with Crippen LogP contribution >= 0.6 is 0 Å². The molecule has 0 fully saturated rings. The maximum atomic E-state index is 3.72. The summed E-state index contributed by atoms with van der Waals surface area (Å²) >= 11 is 0. The highest BCUT2D eigenvalue weighted by atomic mass is 14.7. The van der Waals surface area contributed by atoms with E-state index in [1.54, 1.807) is 35.9 Å². The molecule has 1 N–H and O–H groups in total. The molecule has 2 aromatic heterocycles. The number of para-hydroxylation sites is 1. The Labute approximate surface area is 194 Å². The van der Waals surface area contributed by atoms with Gasteiger partial charge in [-0.25, -0.2) is 0 Å². The highest BCUT2D eigenvalue weighted by Gasteiger charge is 2.13. The third-order valence-electron chi connectivity index (χ3n) is 6.20. The molecule has 6 aromatic rings. The van der Waals surface area contributed by atoms with E-state index in [1.807, 2.05) is 18.3 Å². The van der Waals surface area contributed by atoms with Crippen molar-refractivity contribution >= 4 is 32.4 Å². The number of nitrogens with one attached hydrogen (secondary N) is 1. The smallest absolute Gasteiger partial charge is 0.0453 e. The van der Waals surface area contributed by atoms with E-state index in [1.165, 1.54) is 58.1 Å². The molecule has 0 saturated heterocycles. The summed E-state index contributed by atoms with van der Waals surface area (Å²) in [5, 5.41) is 6.92. The summed E-state index contributed by atoms with van der Waals surface area (Å²) in [5.74, 6) is 0. The minimum Gasteiger partial charge on any atom is -0.361 e. The maximum absolute atomic E-state index is 3.72. The van der Waals surface area contributed by atoms with Gasteiger partial charge in [0.1, 0.15) is 0 Å². The number of benzene rings is 4. The zero-order valence-electron chi connectivity index (χ0n) is 18.6. The molecule has 1 aliphatic rings. The van der Waals surface area contributed by atoms with Gasteiger partial charge in [-0.15, -0.1) is 0 Å². The number of hydrogen-bond donors (Lipinski definition) is 1. The van der Waals surface area contributed by atoms with Gasteiger partial charge in [0.2, 0.25) is 0 Å². The number of aromatic nitrogens is 3. The Kier molecular flexibility index (Phi) is 6.39. The van der Waals surface area contributed by atoms with Crippen LogP contribution in [0.3, 0.4) is 0 Å². The first-order valence-electron chi connectivity index (χ1n) is 11.5. The molecule has 2 heterocycles. The summed E-state index contributed by atoms with van der Waals surface area (Å²) in [7, 11) is 0. The van der Waals surface area contributed by atoms with E-state index in [-0.39, 0.29) is 0 Å². The standard InChI is InChI=1S/C18H16.C8H7N.C4H4N2/c1-3-7-15-13(5-1)9-11-18-16-8-4-2-6-14(16)10-12-17(15)18;1-2-4-8-7(3-1)5-6-9-8;1-2-6-4-3-5-1/h1,3,5,7,9-12H,2,4,6,8H2;1-6,9H;1-4H. The Hall–Kier alpha value is -3.98. The molecule has 3 nitrogen and oxygen atoms in total. The van der Waals surface area contributed by atoms with Gasteiger partial charge in [-0.3, -0.25) is 9.97 Å². The number of aryl methyl sites for hydroxylation is 2. The van der Waals surface area contributed by atoms with E-state index in [0.29, 0.717) is 0 Å². The lowest BCUT2D eigenvalue weighted by molar-refractivity contribution is 0.690. The predicted molar refractivity (Wildman–Crippen MR) is 138 cm³/mol. The van der Waals surface area contributed by atoms with Gasteiger partial charge >= 0.3 is 0 Å². The van der Waals surface area contributed by atoms with Gasteiger partial charge in [0.25, 0.3) is 0 Å². The Morgan fingerprint density at radius 1 is 0.545 bits per heavy atom. The Morgan fingerprint density at radius 2 is 1.24 bits per heavy atom. The molecule has 33 heavy (non-hydrogen) atoms. The fraction of sp³-hybridized carbons (Fsp3) is 0.133. The minimum atomic E-state index is 1.21. The van der Waals surface area contributed by atoms with Crippen LogP contribution in [0.4, 0.5) is 0 Å². The van der Waals surface area contributed by atoms with E-state index < -0.39 is 0 Å². The summed E-state index contributed by atoms with van der Waals surface area (Å²) in [6.07, 6.45) is 13.7. The fourth-order valence-electron chi connectivity index (χ4n) is 4.59. The molecule has 0 saturated carbocycles. The van der Waals surface area contributed by atoms with Crippen molar-refractivity contribution in [2.24, 2.45) is 0 Å². The summed E-state index contributed by atoms with van der Waals surface area (Å²) in [4.78, 5) is 10.6. The molecule has 162 valence electrons. The Bertz CT molecular complexity index is 1410. The predicted octanol–water partition coefficient (Wildman–Crippen LogP) is 7.52. The second-order valence-corrected chi connectivity index (χ2v) is 8.25. The number of rotatable bonds is 0. The van der Waals surface area contributed by atoms with Crippen molar-refractivity contribution in [3.8, 4) is 0 Å². The van der Waals surface area contributed by atoms with Gasteiger partial charge in [0, 0.05) is 36.5 Å². The average molecular weight is 430 g/mol.